The molecule has 102 valence electrons. The predicted molar refractivity (Wildman–Crippen MR) is 83.8 cm³/mol. The number of fused-ring (bicyclic) bond motifs is 1. The number of hydrogen-bond acceptors (Lipinski definition) is 4. The minimum atomic E-state index is 0.536. The number of nitrogens with zero attached hydrogens (tertiary/aromatic N) is 1. The molecule has 0 bridgehead atoms. The largest absolute Gasteiger partial charge is 0.397 e. The van der Waals surface area contributed by atoms with Crippen molar-refractivity contribution in [3.63, 3.8) is 0 Å². The van der Waals surface area contributed by atoms with E-state index in [-0.39, 0.29) is 0 Å². The summed E-state index contributed by atoms with van der Waals surface area (Å²) < 4.78 is 1.18. The monoisotopic (exact) mass is 275 g/mol. The van der Waals surface area contributed by atoms with Gasteiger partial charge in [-0.25, -0.2) is 4.98 Å². The normalized spacial score (nSPS) is 16.7. The van der Waals surface area contributed by atoms with Crippen molar-refractivity contribution in [3.8, 4) is 0 Å². The third-order valence-corrected chi connectivity index (χ3v) is 4.99. The Labute approximate surface area is 118 Å². The van der Waals surface area contributed by atoms with Crippen molar-refractivity contribution >= 4 is 32.9 Å². The number of nitrogens with two attached hydrogens (primary N) is 1. The number of benzene rings is 1. The van der Waals surface area contributed by atoms with Crippen LogP contribution >= 0.6 is 11.3 Å². The van der Waals surface area contributed by atoms with E-state index in [1.165, 1.54) is 30.4 Å². The van der Waals surface area contributed by atoms with Crippen LogP contribution < -0.4 is 11.1 Å². The summed E-state index contributed by atoms with van der Waals surface area (Å²) in [7, 11) is 0. The van der Waals surface area contributed by atoms with Gasteiger partial charge in [0.1, 0.15) is 0 Å². The first-order valence-corrected chi connectivity index (χ1v) is 7.84. The lowest BCUT2D eigenvalue weighted by Gasteiger charge is -2.17. The van der Waals surface area contributed by atoms with Crippen LogP contribution in [0.25, 0.3) is 10.2 Å². The van der Waals surface area contributed by atoms with Gasteiger partial charge in [0.15, 0.2) is 0 Å². The molecule has 4 heteroatoms. The number of thiazole rings is 1. The molecule has 19 heavy (non-hydrogen) atoms. The summed E-state index contributed by atoms with van der Waals surface area (Å²) in [6, 6.07) is 4.14. The van der Waals surface area contributed by atoms with E-state index in [2.05, 4.69) is 23.3 Å². The lowest BCUT2D eigenvalue weighted by atomic mass is 10.0. The van der Waals surface area contributed by atoms with Crippen molar-refractivity contribution in [3.05, 3.63) is 17.1 Å². The van der Waals surface area contributed by atoms with Crippen LogP contribution in [-0.4, -0.2) is 11.5 Å². The lowest BCUT2D eigenvalue weighted by molar-refractivity contribution is 0.486. The zero-order valence-corrected chi connectivity index (χ0v) is 12.4. The van der Waals surface area contributed by atoms with Crippen molar-refractivity contribution in [2.45, 2.75) is 39.5 Å². The summed E-state index contributed by atoms with van der Waals surface area (Å²) in [4.78, 5) is 4.53. The highest BCUT2D eigenvalue weighted by molar-refractivity contribution is 7.18. The molecule has 3 N–H and O–H groups in total. The Morgan fingerprint density at radius 1 is 1.42 bits per heavy atom. The molecule has 0 spiro atoms. The maximum atomic E-state index is 6.14. The van der Waals surface area contributed by atoms with Crippen LogP contribution in [0.15, 0.2) is 12.1 Å². The topological polar surface area (TPSA) is 50.9 Å². The van der Waals surface area contributed by atoms with Gasteiger partial charge in [-0.05, 0) is 43.7 Å². The van der Waals surface area contributed by atoms with Gasteiger partial charge in [0.2, 0.25) is 0 Å². The summed E-state index contributed by atoms with van der Waals surface area (Å²) in [5, 5.41) is 4.64. The predicted octanol–water partition coefficient (Wildman–Crippen LogP) is 4.18. The van der Waals surface area contributed by atoms with Crippen LogP contribution in [0.4, 0.5) is 11.4 Å². The second-order valence-corrected chi connectivity index (χ2v) is 6.98. The molecule has 1 aromatic heterocycles. The van der Waals surface area contributed by atoms with E-state index in [1.54, 1.807) is 11.3 Å². The minimum Gasteiger partial charge on any atom is -0.397 e. The van der Waals surface area contributed by atoms with Gasteiger partial charge in [-0.1, -0.05) is 13.3 Å². The molecule has 0 radical (unpaired) electrons. The van der Waals surface area contributed by atoms with E-state index in [1.807, 2.05) is 13.0 Å². The molecule has 1 saturated carbocycles. The fraction of sp³-hybridized carbons (Fsp3) is 0.533. The third kappa shape index (κ3) is 2.54. The zero-order chi connectivity index (χ0) is 13.5. The fourth-order valence-electron chi connectivity index (χ4n) is 2.76. The Bertz CT molecular complexity index is 599. The van der Waals surface area contributed by atoms with Crippen LogP contribution in [0.1, 0.15) is 37.6 Å². The van der Waals surface area contributed by atoms with E-state index in [4.69, 9.17) is 5.73 Å². The lowest BCUT2D eigenvalue weighted by Crippen LogP contribution is -2.15. The summed E-state index contributed by atoms with van der Waals surface area (Å²) in [5.74, 6) is 0. The van der Waals surface area contributed by atoms with Gasteiger partial charge < -0.3 is 11.1 Å². The van der Waals surface area contributed by atoms with Gasteiger partial charge in [0.25, 0.3) is 0 Å². The van der Waals surface area contributed by atoms with Gasteiger partial charge in [0.05, 0.1) is 26.6 Å². The van der Waals surface area contributed by atoms with Gasteiger partial charge in [0, 0.05) is 6.54 Å². The Hall–Kier alpha value is -1.29. The molecule has 0 aliphatic heterocycles. The van der Waals surface area contributed by atoms with Gasteiger partial charge in [-0.15, -0.1) is 11.3 Å². The Kier molecular flexibility index (Phi) is 3.13. The molecule has 1 aliphatic carbocycles. The van der Waals surface area contributed by atoms with E-state index in [0.29, 0.717) is 5.41 Å². The summed E-state index contributed by atoms with van der Waals surface area (Å²) >= 11 is 1.70. The minimum absolute atomic E-state index is 0.536. The molecule has 0 amide bonds. The average molecular weight is 275 g/mol. The van der Waals surface area contributed by atoms with Crippen LogP contribution in [0.3, 0.4) is 0 Å². The van der Waals surface area contributed by atoms with E-state index in [9.17, 15) is 0 Å². The third-order valence-electron chi connectivity index (χ3n) is 4.06. The average Bonchev–Trinajstić information content (AvgIpc) is 3.02. The van der Waals surface area contributed by atoms with Crippen LogP contribution in [0, 0.1) is 12.3 Å². The van der Waals surface area contributed by atoms with Gasteiger partial charge in [-0.2, -0.15) is 0 Å². The summed E-state index contributed by atoms with van der Waals surface area (Å²) in [5.41, 5.74) is 9.61. The number of nitrogen functional groups attached to an aromatic ring is 1. The van der Waals surface area contributed by atoms with Gasteiger partial charge >= 0.3 is 0 Å². The second-order valence-electron chi connectivity index (χ2n) is 5.74. The van der Waals surface area contributed by atoms with Crippen molar-refractivity contribution < 1.29 is 0 Å². The highest BCUT2D eigenvalue weighted by Crippen LogP contribution is 2.49. The van der Waals surface area contributed by atoms with E-state index < -0.39 is 0 Å². The zero-order valence-electron chi connectivity index (χ0n) is 11.6. The molecule has 0 unspecified atom stereocenters. The van der Waals surface area contributed by atoms with E-state index >= 15 is 0 Å². The van der Waals surface area contributed by atoms with Gasteiger partial charge in [-0.3, -0.25) is 0 Å². The number of rotatable bonds is 5. The van der Waals surface area contributed by atoms with Crippen LogP contribution in [0.2, 0.25) is 0 Å². The molecular weight excluding hydrogens is 254 g/mol. The number of anilines is 2. The quantitative estimate of drug-likeness (QED) is 0.805. The highest BCUT2D eigenvalue weighted by Gasteiger charge is 2.41. The molecule has 3 nitrogen and oxygen atoms in total. The SMILES string of the molecule is CCCC1(CNc2cc3nc(C)sc3cc2N)CC1. The molecule has 1 fully saturated rings. The fourth-order valence-corrected chi connectivity index (χ4v) is 3.62. The highest BCUT2D eigenvalue weighted by atomic mass is 32.1. The second kappa shape index (κ2) is 4.67. The molecule has 2 aromatic rings. The van der Waals surface area contributed by atoms with E-state index in [0.717, 1.165) is 28.4 Å². The summed E-state index contributed by atoms with van der Waals surface area (Å²) in [6.07, 6.45) is 5.29. The molecule has 0 saturated heterocycles. The molecule has 0 atom stereocenters. The number of aromatic nitrogens is 1. The first-order valence-electron chi connectivity index (χ1n) is 7.02. The number of aryl methyl sites for hydroxylation is 1. The van der Waals surface area contributed by atoms with Crippen molar-refractivity contribution in [2.75, 3.05) is 17.6 Å². The standard InChI is InChI=1S/C15H21N3S/c1-3-4-15(5-6-15)9-17-12-8-13-14(7-11(12)16)19-10(2)18-13/h7-8,17H,3-6,9,16H2,1-2H3. The Morgan fingerprint density at radius 2 is 2.21 bits per heavy atom. The number of hydrogen-bond donors (Lipinski definition) is 2. The first-order chi connectivity index (χ1) is 9.12. The van der Waals surface area contributed by atoms with Crippen molar-refractivity contribution in [1.82, 2.24) is 4.98 Å². The Morgan fingerprint density at radius 3 is 2.89 bits per heavy atom. The van der Waals surface area contributed by atoms with Crippen molar-refractivity contribution in [1.29, 1.82) is 0 Å². The maximum absolute atomic E-state index is 6.14. The molecule has 1 heterocycles. The van der Waals surface area contributed by atoms with Crippen LogP contribution in [0.5, 0.6) is 0 Å². The molecule has 1 aliphatic rings. The summed E-state index contributed by atoms with van der Waals surface area (Å²) in [6.45, 7) is 5.34. The van der Waals surface area contributed by atoms with Crippen LogP contribution in [-0.2, 0) is 0 Å². The first kappa shape index (κ1) is 12.7. The smallest absolute Gasteiger partial charge is 0.0907 e. The molecular formula is C15H21N3S. The molecule has 1 aromatic carbocycles. The Balaban J connectivity index is 1.78. The number of nitrogens with one attached hydrogen (secondary N) is 1. The maximum Gasteiger partial charge on any atom is 0.0907 e. The molecule has 3 rings (SSSR count). The van der Waals surface area contributed by atoms with Crippen molar-refractivity contribution in [2.24, 2.45) is 5.41 Å².